The standard InChI is InChI=1S/C13H21BO2/c1-9(2)11-6-10(3)7-13(14(4)15)12(11)8-16-5/h6-7,9,15H,8H2,1-5H3. The summed E-state index contributed by atoms with van der Waals surface area (Å²) in [5.41, 5.74) is 4.60. The number of rotatable bonds is 4. The molecule has 0 saturated carbocycles. The maximum Gasteiger partial charge on any atom is 0.320 e. The van der Waals surface area contributed by atoms with Crippen LogP contribution in [0.5, 0.6) is 0 Å². The van der Waals surface area contributed by atoms with Crippen molar-refractivity contribution < 1.29 is 9.76 Å². The Balaban J connectivity index is 3.35. The molecule has 1 aromatic rings. The van der Waals surface area contributed by atoms with Crippen LogP contribution >= 0.6 is 0 Å². The highest BCUT2D eigenvalue weighted by Gasteiger charge is 2.17. The van der Waals surface area contributed by atoms with Gasteiger partial charge >= 0.3 is 6.92 Å². The highest BCUT2D eigenvalue weighted by atomic mass is 16.5. The second-order valence-electron chi connectivity index (χ2n) is 4.69. The van der Waals surface area contributed by atoms with Gasteiger partial charge in [0, 0.05) is 7.11 Å². The van der Waals surface area contributed by atoms with Crippen LogP contribution in [0.2, 0.25) is 6.82 Å². The number of methoxy groups -OCH3 is 1. The van der Waals surface area contributed by atoms with Gasteiger partial charge in [0.25, 0.3) is 0 Å². The minimum Gasteiger partial charge on any atom is -0.446 e. The normalized spacial score (nSPS) is 10.9. The number of ether oxygens (including phenoxy) is 1. The lowest BCUT2D eigenvalue weighted by Crippen LogP contribution is -2.32. The van der Waals surface area contributed by atoms with Gasteiger partial charge in [0.15, 0.2) is 0 Å². The molecule has 0 aliphatic carbocycles. The van der Waals surface area contributed by atoms with Gasteiger partial charge in [-0.15, -0.1) is 0 Å². The average Bonchev–Trinajstić information content (AvgIpc) is 2.19. The molecule has 0 unspecified atom stereocenters. The minimum absolute atomic E-state index is 0.442. The summed E-state index contributed by atoms with van der Waals surface area (Å²) in [7, 11) is 1.69. The molecule has 0 spiro atoms. The van der Waals surface area contributed by atoms with Crippen LogP contribution in [-0.4, -0.2) is 19.0 Å². The summed E-state index contributed by atoms with van der Waals surface area (Å²) < 4.78 is 5.24. The van der Waals surface area contributed by atoms with Crippen LogP contribution in [0.25, 0.3) is 0 Å². The van der Waals surface area contributed by atoms with E-state index in [1.54, 1.807) is 13.9 Å². The third-order valence-corrected chi connectivity index (χ3v) is 2.82. The molecule has 0 amide bonds. The number of hydrogen-bond acceptors (Lipinski definition) is 2. The summed E-state index contributed by atoms with van der Waals surface area (Å²) >= 11 is 0. The first-order valence-electron chi connectivity index (χ1n) is 5.77. The number of hydrogen-bond donors (Lipinski definition) is 1. The first-order valence-corrected chi connectivity index (χ1v) is 5.77. The van der Waals surface area contributed by atoms with E-state index >= 15 is 0 Å². The van der Waals surface area contributed by atoms with E-state index in [1.807, 2.05) is 6.07 Å². The van der Waals surface area contributed by atoms with Crippen molar-refractivity contribution in [1.82, 2.24) is 0 Å². The largest absolute Gasteiger partial charge is 0.446 e. The van der Waals surface area contributed by atoms with Crippen molar-refractivity contribution in [3.05, 3.63) is 28.8 Å². The Morgan fingerprint density at radius 2 is 2.00 bits per heavy atom. The molecule has 3 heteroatoms. The van der Waals surface area contributed by atoms with Gasteiger partial charge in [0.1, 0.15) is 0 Å². The second kappa shape index (κ2) is 5.51. The second-order valence-corrected chi connectivity index (χ2v) is 4.69. The van der Waals surface area contributed by atoms with Crippen LogP contribution in [0.1, 0.15) is 36.5 Å². The Labute approximate surface area is 98.8 Å². The lowest BCUT2D eigenvalue weighted by molar-refractivity contribution is 0.184. The fourth-order valence-corrected chi connectivity index (χ4v) is 2.07. The molecule has 1 aromatic carbocycles. The van der Waals surface area contributed by atoms with Gasteiger partial charge in [-0.3, -0.25) is 0 Å². The van der Waals surface area contributed by atoms with Crippen LogP contribution in [0.15, 0.2) is 12.1 Å². The summed E-state index contributed by atoms with van der Waals surface area (Å²) in [5.74, 6) is 0.447. The predicted molar refractivity (Wildman–Crippen MR) is 69.5 cm³/mol. The quantitative estimate of drug-likeness (QED) is 0.787. The van der Waals surface area contributed by atoms with Crippen molar-refractivity contribution >= 4 is 12.4 Å². The Morgan fingerprint density at radius 3 is 2.44 bits per heavy atom. The molecular weight excluding hydrogens is 199 g/mol. The zero-order valence-corrected chi connectivity index (χ0v) is 10.9. The minimum atomic E-state index is -0.442. The first-order chi connectivity index (χ1) is 7.47. The van der Waals surface area contributed by atoms with Gasteiger partial charge in [0.2, 0.25) is 0 Å². The van der Waals surface area contributed by atoms with E-state index in [2.05, 4.69) is 26.8 Å². The fraction of sp³-hybridized carbons (Fsp3) is 0.538. The first kappa shape index (κ1) is 13.3. The van der Waals surface area contributed by atoms with Crippen molar-refractivity contribution in [3.63, 3.8) is 0 Å². The summed E-state index contributed by atoms with van der Waals surface area (Å²) in [5, 5.41) is 9.81. The van der Waals surface area contributed by atoms with E-state index in [9.17, 15) is 5.02 Å². The van der Waals surface area contributed by atoms with E-state index in [0.717, 1.165) is 11.0 Å². The fourth-order valence-electron chi connectivity index (χ4n) is 2.07. The molecule has 0 fully saturated rings. The molecule has 0 bridgehead atoms. The molecule has 1 rings (SSSR count). The highest BCUT2D eigenvalue weighted by Crippen LogP contribution is 2.20. The summed E-state index contributed by atoms with van der Waals surface area (Å²) in [6.07, 6.45) is 0. The molecule has 0 radical (unpaired) electrons. The molecule has 0 heterocycles. The van der Waals surface area contributed by atoms with Gasteiger partial charge in [-0.2, -0.15) is 0 Å². The van der Waals surface area contributed by atoms with E-state index < -0.39 is 6.92 Å². The van der Waals surface area contributed by atoms with E-state index in [4.69, 9.17) is 4.74 Å². The lowest BCUT2D eigenvalue weighted by Gasteiger charge is -2.18. The van der Waals surface area contributed by atoms with Gasteiger partial charge < -0.3 is 9.76 Å². The Hall–Kier alpha value is -0.795. The van der Waals surface area contributed by atoms with Crippen LogP contribution in [0, 0.1) is 6.92 Å². The molecule has 0 aromatic heterocycles. The molecule has 2 nitrogen and oxygen atoms in total. The van der Waals surface area contributed by atoms with Crippen LogP contribution in [0.3, 0.4) is 0 Å². The molecule has 16 heavy (non-hydrogen) atoms. The third-order valence-electron chi connectivity index (χ3n) is 2.82. The molecule has 0 saturated heterocycles. The molecule has 0 aliphatic heterocycles. The topological polar surface area (TPSA) is 29.5 Å². The maximum absolute atomic E-state index is 9.81. The monoisotopic (exact) mass is 220 g/mol. The predicted octanol–water partition coefficient (Wildman–Crippen LogP) is 2.09. The van der Waals surface area contributed by atoms with Crippen molar-refractivity contribution in [2.24, 2.45) is 0 Å². The van der Waals surface area contributed by atoms with Gasteiger partial charge in [-0.1, -0.05) is 38.4 Å². The van der Waals surface area contributed by atoms with E-state index in [1.165, 1.54) is 11.1 Å². The van der Waals surface area contributed by atoms with Crippen LogP contribution in [0.4, 0.5) is 0 Å². The maximum atomic E-state index is 9.81. The molecule has 0 atom stereocenters. The Morgan fingerprint density at radius 1 is 1.38 bits per heavy atom. The van der Waals surface area contributed by atoms with Crippen LogP contribution < -0.4 is 5.46 Å². The van der Waals surface area contributed by atoms with E-state index in [0.29, 0.717) is 12.5 Å². The summed E-state index contributed by atoms with van der Waals surface area (Å²) in [4.78, 5) is 0. The molecule has 1 N–H and O–H groups in total. The molecular formula is C13H21BO2. The number of benzene rings is 1. The summed E-state index contributed by atoms with van der Waals surface area (Å²) in [6, 6.07) is 4.23. The third kappa shape index (κ3) is 2.86. The van der Waals surface area contributed by atoms with Crippen molar-refractivity contribution in [1.29, 1.82) is 0 Å². The Kier molecular flexibility index (Phi) is 4.57. The van der Waals surface area contributed by atoms with E-state index in [-0.39, 0.29) is 0 Å². The lowest BCUT2D eigenvalue weighted by atomic mass is 9.61. The van der Waals surface area contributed by atoms with Gasteiger partial charge in [-0.05, 0) is 29.4 Å². The van der Waals surface area contributed by atoms with Crippen molar-refractivity contribution in [3.8, 4) is 0 Å². The smallest absolute Gasteiger partial charge is 0.320 e. The summed E-state index contributed by atoms with van der Waals surface area (Å²) in [6.45, 7) is 8.32. The Bertz CT molecular complexity index is 330. The molecule has 88 valence electrons. The SMILES string of the molecule is COCc1c(B(C)O)cc(C)cc1C(C)C. The zero-order chi connectivity index (χ0) is 12.3. The van der Waals surface area contributed by atoms with Gasteiger partial charge in [0.05, 0.1) is 6.61 Å². The average molecular weight is 220 g/mol. The zero-order valence-electron chi connectivity index (χ0n) is 10.9. The van der Waals surface area contributed by atoms with Crippen LogP contribution in [-0.2, 0) is 11.3 Å². The highest BCUT2D eigenvalue weighted by molar-refractivity contribution is 6.65. The van der Waals surface area contributed by atoms with Gasteiger partial charge in [-0.25, -0.2) is 0 Å². The van der Waals surface area contributed by atoms with Crippen molar-refractivity contribution in [2.75, 3.05) is 7.11 Å². The number of aryl methyl sites for hydroxylation is 1. The van der Waals surface area contributed by atoms with Crippen molar-refractivity contribution in [2.45, 2.75) is 40.1 Å². The molecule has 0 aliphatic rings.